The smallest absolute Gasteiger partial charge is 0.408 e. The van der Waals surface area contributed by atoms with Crippen molar-refractivity contribution in [2.24, 2.45) is 5.92 Å². The van der Waals surface area contributed by atoms with Crippen LogP contribution in [0.3, 0.4) is 0 Å². The molecule has 2 aromatic rings. The average Bonchev–Trinajstić information content (AvgIpc) is 2.78. The summed E-state index contributed by atoms with van der Waals surface area (Å²) in [4.78, 5) is 42.8. The Morgan fingerprint density at radius 3 is 2.21 bits per heavy atom. The van der Waals surface area contributed by atoms with Gasteiger partial charge in [0.25, 0.3) is 5.91 Å². The number of carbonyl (C=O) groups is 3. The summed E-state index contributed by atoms with van der Waals surface area (Å²) in [5.74, 6) is -0.527. The Morgan fingerprint density at radius 2 is 1.69 bits per heavy atom. The molecule has 0 bridgehead atoms. The third-order valence-corrected chi connectivity index (χ3v) is 7.12. The van der Waals surface area contributed by atoms with E-state index in [1.165, 1.54) is 0 Å². The standard InChI is InChI=1S/C31H42ClN3O4/c1-19(2)18-25(33-30(38)39-31(5,6)7)29(37)35(23-11-9-12-23)27(22-16-14-20(3)15-17-22)28(36)34-26-21(4)10-8-13-24(26)32/h8,10,13-17,19,23,25,27H,9,11-12,18H2,1-7H3,(H,33,38)(H,34,36). The largest absolute Gasteiger partial charge is 0.444 e. The third-order valence-electron chi connectivity index (χ3n) is 6.81. The SMILES string of the molecule is Cc1ccc(C(C(=O)Nc2c(C)cccc2Cl)N(C(=O)C(CC(C)C)NC(=O)OC(C)(C)C)C2CCC2)cc1. The van der Waals surface area contributed by atoms with Gasteiger partial charge in [0.2, 0.25) is 5.91 Å². The van der Waals surface area contributed by atoms with Crippen molar-refractivity contribution in [1.29, 1.82) is 0 Å². The van der Waals surface area contributed by atoms with Gasteiger partial charge in [0.1, 0.15) is 17.7 Å². The molecule has 0 radical (unpaired) electrons. The number of benzene rings is 2. The van der Waals surface area contributed by atoms with Gasteiger partial charge in [-0.25, -0.2) is 4.79 Å². The fraction of sp³-hybridized carbons (Fsp3) is 0.516. The first kappa shape index (κ1) is 30.5. The van der Waals surface area contributed by atoms with E-state index in [-0.39, 0.29) is 23.8 Å². The lowest BCUT2D eigenvalue weighted by Crippen LogP contribution is -2.57. The second-order valence-corrected chi connectivity index (χ2v) is 12.3. The molecule has 2 aromatic carbocycles. The number of hydrogen-bond donors (Lipinski definition) is 2. The lowest BCUT2D eigenvalue weighted by Gasteiger charge is -2.44. The molecule has 2 unspecified atom stereocenters. The number of nitrogens with zero attached hydrogens (tertiary/aromatic N) is 1. The van der Waals surface area contributed by atoms with E-state index in [4.69, 9.17) is 16.3 Å². The van der Waals surface area contributed by atoms with Gasteiger partial charge in [0.15, 0.2) is 0 Å². The normalized spacial score (nSPS) is 15.2. The van der Waals surface area contributed by atoms with Crippen LogP contribution in [0.4, 0.5) is 10.5 Å². The molecule has 212 valence electrons. The van der Waals surface area contributed by atoms with Crippen LogP contribution in [0.25, 0.3) is 0 Å². The molecule has 2 atom stereocenters. The number of anilines is 1. The van der Waals surface area contributed by atoms with Crippen LogP contribution in [-0.2, 0) is 14.3 Å². The van der Waals surface area contributed by atoms with E-state index in [0.717, 1.165) is 30.4 Å². The van der Waals surface area contributed by atoms with Gasteiger partial charge in [-0.3, -0.25) is 9.59 Å². The summed E-state index contributed by atoms with van der Waals surface area (Å²) in [6.45, 7) is 13.2. The van der Waals surface area contributed by atoms with E-state index in [9.17, 15) is 14.4 Å². The molecule has 0 aliphatic heterocycles. The molecule has 39 heavy (non-hydrogen) atoms. The van der Waals surface area contributed by atoms with Gasteiger partial charge in [0, 0.05) is 6.04 Å². The number of para-hydroxylation sites is 1. The maximum Gasteiger partial charge on any atom is 0.408 e. The van der Waals surface area contributed by atoms with Crippen LogP contribution in [-0.4, -0.2) is 40.5 Å². The molecular weight excluding hydrogens is 514 g/mol. The summed E-state index contributed by atoms with van der Waals surface area (Å²) in [7, 11) is 0. The molecule has 2 N–H and O–H groups in total. The van der Waals surface area contributed by atoms with E-state index in [0.29, 0.717) is 22.7 Å². The fourth-order valence-corrected chi connectivity index (χ4v) is 4.94. The van der Waals surface area contributed by atoms with Crippen LogP contribution in [0.15, 0.2) is 42.5 Å². The van der Waals surface area contributed by atoms with E-state index in [1.54, 1.807) is 31.7 Å². The quantitative estimate of drug-likeness (QED) is 0.350. The molecule has 1 fully saturated rings. The minimum absolute atomic E-state index is 0.120. The topological polar surface area (TPSA) is 87.7 Å². The summed E-state index contributed by atoms with van der Waals surface area (Å²) in [5, 5.41) is 6.24. The fourth-order valence-electron chi connectivity index (χ4n) is 4.67. The highest BCUT2D eigenvalue weighted by atomic mass is 35.5. The summed E-state index contributed by atoms with van der Waals surface area (Å²) >= 11 is 6.45. The van der Waals surface area contributed by atoms with Crippen molar-refractivity contribution >= 4 is 35.2 Å². The van der Waals surface area contributed by atoms with E-state index < -0.39 is 23.8 Å². The number of aryl methyl sites for hydroxylation is 2. The summed E-state index contributed by atoms with van der Waals surface area (Å²) in [6.07, 6.45) is 2.29. The summed E-state index contributed by atoms with van der Waals surface area (Å²) in [5.41, 5.74) is 2.38. The molecule has 1 aliphatic rings. The Kier molecular flexibility index (Phi) is 10.1. The highest BCUT2D eigenvalue weighted by Crippen LogP contribution is 2.36. The zero-order valence-electron chi connectivity index (χ0n) is 24.1. The number of carbonyl (C=O) groups excluding carboxylic acids is 3. The van der Waals surface area contributed by atoms with Crippen molar-refractivity contribution in [1.82, 2.24) is 10.2 Å². The Morgan fingerprint density at radius 1 is 1.05 bits per heavy atom. The molecule has 0 heterocycles. The molecule has 8 heteroatoms. The predicted molar refractivity (Wildman–Crippen MR) is 156 cm³/mol. The Hall–Kier alpha value is -3.06. The zero-order chi connectivity index (χ0) is 28.9. The van der Waals surface area contributed by atoms with Gasteiger partial charge in [-0.05, 0) is 83.4 Å². The second-order valence-electron chi connectivity index (χ2n) is 11.9. The molecule has 0 saturated heterocycles. The van der Waals surface area contributed by atoms with Crippen molar-refractivity contribution < 1.29 is 19.1 Å². The van der Waals surface area contributed by atoms with Crippen LogP contribution in [0, 0.1) is 19.8 Å². The first-order chi connectivity index (χ1) is 18.3. The number of hydrogen-bond acceptors (Lipinski definition) is 4. The first-order valence-corrected chi connectivity index (χ1v) is 14.1. The lowest BCUT2D eigenvalue weighted by molar-refractivity contribution is -0.146. The van der Waals surface area contributed by atoms with Gasteiger partial charge in [-0.1, -0.05) is 67.4 Å². The average molecular weight is 556 g/mol. The van der Waals surface area contributed by atoms with E-state index in [2.05, 4.69) is 10.6 Å². The zero-order valence-corrected chi connectivity index (χ0v) is 24.9. The number of amides is 3. The van der Waals surface area contributed by atoms with Crippen molar-refractivity contribution in [3.05, 3.63) is 64.2 Å². The number of alkyl carbamates (subject to hydrolysis) is 1. The van der Waals surface area contributed by atoms with Gasteiger partial charge in [-0.2, -0.15) is 0 Å². The molecule has 1 saturated carbocycles. The van der Waals surface area contributed by atoms with Crippen LogP contribution in [0.2, 0.25) is 5.02 Å². The monoisotopic (exact) mass is 555 g/mol. The molecule has 3 rings (SSSR count). The van der Waals surface area contributed by atoms with Gasteiger partial charge >= 0.3 is 6.09 Å². The van der Waals surface area contributed by atoms with Crippen LogP contribution in [0.5, 0.6) is 0 Å². The minimum atomic E-state index is -0.908. The van der Waals surface area contributed by atoms with E-state index >= 15 is 0 Å². The van der Waals surface area contributed by atoms with Gasteiger partial charge in [-0.15, -0.1) is 0 Å². The van der Waals surface area contributed by atoms with Crippen molar-refractivity contribution in [2.45, 2.75) is 97.9 Å². The Bertz CT molecular complexity index is 1150. The van der Waals surface area contributed by atoms with E-state index in [1.807, 2.05) is 64.1 Å². The molecule has 0 spiro atoms. The number of rotatable bonds is 9. The number of ether oxygens (including phenoxy) is 1. The third kappa shape index (κ3) is 8.21. The molecule has 0 aromatic heterocycles. The summed E-state index contributed by atoms with van der Waals surface area (Å²) in [6, 6.07) is 11.2. The number of halogens is 1. The Balaban J connectivity index is 2.04. The van der Waals surface area contributed by atoms with Crippen molar-refractivity contribution in [3.63, 3.8) is 0 Å². The number of nitrogens with one attached hydrogen (secondary N) is 2. The highest BCUT2D eigenvalue weighted by Gasteiger charge is 2.42. The van der Waals surface area contributed by atoms with Crippen molar-refractivity contribution in [2.75, 3.05) is 5.32 Å². The molecular formula is C31H42ClN3O4. The first-order valence-electron chi connectivity index (χ1n) is 13.7. The van der Waals surface area contributed by atoms with Crippen LogP contribution < -0.4 is 10.6 Å². The maximum atomic E-state index is 14.3. The van der Waals surface area contributed by atoms with Gasteiger partial charge in [0.05, 0.1) is 10.7 Å². The van der Waals surface area contributed by atoms with Crippen LogP contribution >= 0.6 is 11.6 Å². The molecule has 1 aliphatic carbocycles. The highest BCUT2D eigenvalue weighted by molar-refractivity contribution is 6.34. The predicted octanol–water partition coefficient (Wildman–Crippen LogP) is 6.96. The maximum absolute atomic E-state index is 14.3. The second kappa shape index (κ2) is 12.9. The lowest BCUT2D eigenvalue weighted by atomic mass is 9.87. The minimum Gasteiger partial charge on any atom is -0.444 e. The summed E-state index contributed by atoms with van der Waals surface area (Å²) < 4.78 is 5.48. The molecule has 3 amide bonds. The van der Waals surface area contributed by atoms with Crippen molar-refractivity contribution in [3.8, 4) is 0 Å². The van der Waals surface area contributed by atoms with Gasteiger partial charge < -0.3 is 20.3 Å². The van der Waals surface area contributed by atoms with Crippen LogP contribution in [0.1, 0.15) is 83.0 Å². The molecule has 7 nitrogen and oxygen atoms in total. The Labute approximate surface area is 237 Å².